The Balaban J connectivity index is 1.98. The molecule has 0 radical (unpaired) electrons. The lowest BCUT2D eigenvalue weighted by molar-refractivity contribution is 0.103. The standard InChI is InChI=1S/C23H15NO3/c1-13-6-8-14(9-7-13)24-18-10-11-19(25)22-21(18)17(12-20(24)26)15-4-2-3-5-16(15)23(22)27/h2-12,25H,1H3. The number of carbonyl (C=O) groups excluding carboxylic acids is 1. The molecule has 1 aromatic heterocycles. The van der Waals surface area contributed by atoms with Crippen molar-refractivity contribution < 1.29 is 9.90 Å². The van der Waals surface area contributed by atoms with Crippen LogP contribution in [0.15, 0.2) is 71.5 Å². The minimum Gasteiger partial charge on any atom is -0.507 e. The first-order valence-electron chi connectivity index (χ1n) is 8.69. The second-order valence-corrected chi connectivity index (χ2v) is 6.80. The molecule has 0 fully saturated rings. The van der Waals surface area contributed by atoms with Crippen molar-refractivity contribution in [3.05, 3.63) is 93.8 Å². The van der Waals surface area contributed by atoms with E-state index in [0.717, 1.165) is 16.8 Å². The first-order chi connectivity index (χ1) is 13.1. The SMILES string of the molecule is Cc1ccc(-n2c(=O)cc3c4c(c(O)ccc42)C(=O)c2ccccc2-3)cc1. The van der Waals surface area contributed by atoms with Crippen molar-refractivity contribution in [2.45, 2.75) is 6.92 Å². The Bertz CT molecular complexity index is 1310. The van der Waals surface area contributed by atoms with Crippen molar-refractivity contribution in [3.8, 4) is 22.6 Å². The van der Waals surface area contributed by atoms with Gasteiger partial charge in [0, 0.05) is 22.7 Å². The topological polar surface area (TPSA) is 59.3 Å². The number of hydrogen-bond acceptors (Lipinski definition) is 3. The second kappa shape index (κ2) is 5.42. The molecule has 3 aromatic carbocycles. The summed E-state index contributed by atoms with van der Waals surface area (Å²) in [4.78, 5) is 26.1. The molecular formula is C23H15NO3. The maximum Gasteiger partial charge on any atom is 0.256 e. The van der Waals surface area contributed by atoms with E-state index in [9.17, 15) is 14.7 Å². The van der Waals surface area contributed by atoms with Gasteiger partial charge in [-0.15, -0.1) is 0 Å². The highest BCUT2D eigenvalue weighted by Gasteiger charge is 2.29. The molecule has 1 aliphatic carbocycles. The molecular weight excluding hydrogens is 338 g/mol. The third-order valence-corrected chi connectivity index (χ3v) is 5.14. The zero-order valence-electron chi connectivity index (χ0n) is 14.6. The molecule has 4 nitrogen and oxygen atoms in total. The third-order valence-electron chi connectivity index (χ3n) is 5.14. The van der Waals surface area contributed by atoms with Crippen LogP contribution in [0.3, 0.4) is 0 Å². The number of benzene rings is 3. The molecule has 0 atom stereocenters. The summed E-state index contributed by atoms with van der Waals surface area (Å²) in [5, 5.41) is 11.0. The molecule has 27 heavy (non-hydrogen) atoms. The number of ketones is 1. The summed E-state index contributed by atoms with van der Waals surface area (Å²) in [5.74, 6) is -0.298. The van der Waals surface area contributed by atoms with E-state index < -0.39 is 0 Å². The van der Waals surface area contributed by atoms with Gasteiger partial charge in [-0.05, 0) is 42.3 Å². The number of aromatic nitrogens is 1. The van der Waals surface area contributed by atoms with Crippen LogP contribution in [0.25, 0.3) is 27.7 Å². The van der Waals surface area contributed by atoms with Crippen molar-refractivity contribution in [3.63, 3.8) is 0 Å². The lowest BCUT2D eigenvalue weighted by Gasteiger charge is -2.22. The Hall–Kier alpha value is -3.66. The molecule has 1 N–H and O–H groups in total. The van der Waals surface area contributed by atoms with Gasteiger partial charge in [0.15, 0.2) is 5.78 Å². The number of rotatable bonds is 1. The van der Waals surface area contributed by atoms with Gasteiger partial charge >= 0.3 is 0 Å². The quantitative estimate of drug-likeness (QED) is 0.491. The molecule has 0 unspecified atom stereocenters. The third kappa shape index (κ3) is 2.10. The number of phenols is 1. The molecule has 0 aliphatic heterocycles. The van der Waals surface area contributed by atoms with Crippen LogP contribution in [0.2, 0.25) is 0 Å². The molecule has 5 rings (SSSR count). The van der Waals surface area contributed by atoms with E-state index in [-0.39, 0.29) is 22.7 Å². The summed E-state index contributed by atoms with van der Waals surface area (Å²) in [5.41, 5.74) is 4.40. The van der Waals surface area contributed by atoms with Crippen molar-refractivity contribution in [1.29, 1.82) is 0 Å². The number of phenolic OH excluding ortho intramolecular Hbond substituents is 1. The molecule has 0 bridgehead atoms. The number of fused-ring (bicyclic) bond motifs is 2. The van der Waals surface area contributed by atoms with Crippen LogP contribution >= 0.6 is 0 Å². The number of pyridine rings is 1. The summed E-state index contributed by atoms with van der Waals surface area (Å²) in [6, 6.07) is 19.6. The highest BCUT2D eigenvalue weighted by Crippen LogP contribution is 2.42. The maximum absolute atomic E-state index is 13.0. The summed E-state index contributed by atoms with van der Waals surface area (Å²) in [6.45, 7) is 1.98. The van der Waals surface area contributed by atoms with Gasteiger partial charge in [-0.1, -0.05) is 42.0 Å². The van der Waals surface area contributed by atoms with Crippen LogP contribution < -0.4 is 5.56 Å². The number of nitrogens with zero attached hydrogens (tertiary/aromatic N) is 1. The van der Waals surface area contributed by atoms with Gasteiger partial charge in [-0.25, -0.2) is 0 Å². The largest absolute Gasteiger partial charge is 0.507 e. The number of carbonyl (C=O) groups is 1. The van der Waals surface area contributed by atoms with Crippen molar-refractivity contribution in [1.82, 2.24) is 4.57 Å². The van der Waals surface area contributed by atoms with E-state index in [2.05, 4.69) is 0 Å². The first kappa shape index (κ1) is 15.6. The summed E-state index contributed by atoms with van der Waals surface area (Å²) < 4.78 is 1.59. The average Bonchev–Trinajstić information content (AvgIpc) is 2.67. The molecule has 1 aliphatic rings. The van der Waals surface area contributed by atoms with Crippen LogP contribution in [0.4, 0.5) is 0 Å². The monoisotopic (exact) mass is 353 g/mol. The molecule has 1 heterocycles. The van der Waals surface area contributed by atoms with Crippen molar-refractivity contribution >= 4 is 16.7 Å². The zero-order valence-corrected chi connectivity index (χ0v) is 14.6. The van der Waals surface area contributed by atoms with E-state index >= 15 is 0 Å². The molecule has 130 valence electrons. The Morgan fingerprint density at radius 2 is 1.52 bits per heavy atom. The molecule has 4 aromatic rings. The Kier molecular flexibility index (Phi) is 3.13. The number of hydrogen-bond donors (Lipinski definition) is 1. The van der Waals surface area contributed by atoms with E-state index in [1.54, 1.807) is 28.8 Å². The predicted octanol–water partition coefficient (Wildman–Crippen LogP) is 4.22. The zero-order chi connectivity index (χ0) is 18.7. The summed E-state index contributed by atoms with van der Waals surface area (Å²) in [6.07, 6.45) is 0. The lowest BCUT2D eigenvalue weighted by Crippen LogP contribution is -2.21. The minimum absolute atomic E-state index is 0.0719. The van der Waals surface area contributed by atoms with Crippen LogP contribution in [0.5, 0.6) is 5.75 Å². The first-order valence-corrected chi connectivity index (χ1v) is 8.69. The van der Waals surface area contributed by atoms with Gasteiger partial charge < -0.3 is 5.11 Å². The predicted molar refractivity (Wildman–Crippen MR) is 105 cm³/mol. The van der Waals surface area contributed by atoms with Gasteiger partial charge in [0.1, 0.15) is 5.75 Å². The van der Waals surface area contributed by atoms with E-state index in [4.69, 9.17) is 0 Å². The van der Waals surface area contributed by atoms with Gasteiger partial charge in [0.25, 0.3) is 5.56 Å². The van der Waals surface area contributed by atoms with E-state index in [1.807, 2.05) is 43.3 Å². The van der Waals surface area contributed by atoms with E-state index in [0.29, 0.717) is 22.0 Å². The highest BCUT2D eigenvalue weighted by atomic mass is 16.3. The smallest absolute Gasteiger partial charge is 0.256 e. The fourth-order valence-corrected chi connectivity index (χ4v) is 3.87. The average molecular weight is 353 g/mol. The fraction of sp³-hybridized carbons (Fsp3) is 0.0435. The van der Waals surface area contributed by atoms with Gasteiger partial charge in [0.05, 0.1) is 11.1 Å². The Morgan fingerprint density at radius 3 is 2.26 bits per heavy atom. The summed E-state index contributed by atoms with van der Waals surface area (Å²) >= 11 is 0. The van der Waals surface area contributed by atoms with Crippen LogP contribution in [0.1, 0.15) is 21.5 Å². The molecule has 0 spiro atoms. The molecule has 0 amide bonds. The van der Waals surface area contributed by atoms with Gasteiger partial charge in [-0.2, -0.15) is 0 Å². The Labute approximate surface area is 154 Å². The van der Waals surface area contributed by atoms with Crippen LogP contribution in [-0.4, -0.2) is 15.5 Å². The van der Waals surface area contributed by atoms with Crippen LogP contribution in [0, 0.1) is 6.92 Å². The molecule has 4 heteroatoms. The fourth-order valence-electron chi connectivity index (χ4n) is 3.87. The highest BCUT2D eigenvalue weighted by molar-refractivity contribution is 6.26. The maximum atomic E-state index is 13.0. The number of aryl methyl sites for hydroxylation is 1. The normalized spacial score (nSPS) is 12.3. The molecule has 0 saturated carbocycles. The lowest BCUT2D eigenvalue weighted by atomic mass is 9.83. The number of aromatic hydroxyl groups is 1. The second-order valence-electron chi connectivity index (χ2n) is 6.80. The van der Waals surface area contributed by atoms with Crippen LogP contribution in [-0.2, 0) is 0 Å². The van der Waals surface area contributed by atoms with Crippen molar-refractivity contribution in [2.75, 3.05) is 0 Å². The van der Waals surface area contributed by atoms with E-state index in [1.165, 1.54) is 6.07 Å². The Morgan fingerprint density at radius 1 is 0.815 bits per heavy atom. The van der Waals surface area contributed by atoms with Gasteiger partial charge in [0.2, 0.25) is 0 Å². The van der Waals surface area contributed by atoms with Crippen molar-refractivity contribution in [2.24, 2.45) is 0 Å². The minimum atomic E-state index is -0.227. The summed E-state index contributed by atoms with van der Waals surface area (Å²) in [7, 11) is 0. The molecule has 0 saturated heterocycles. The van der Waals surface area contributed by atoms with Gasteiger partial charge in [-0.3, -0.25) is 14.2 Å².